The quantitative estimate of drug-likeness (QED) is 0.473. The minimum atomic E-state index is -0.269. The second kappa shape index (κ2) is 2.07. The number of rotatable bonds is 2. The van der Waals surface area contributed by atoms with Gasteiger partial charge in [0.2, 0.25) is 6.08 Å². The Morgan fingerprint density at radius 3 is 2.91 bits per heavy atom. The summed E-state index contributed by atoms with van der Waals surface area (Å²) in [5.74, 6) is 0. The van der Waals surface area contributed by atoms with Gasteiger partial charge in [0.25, 0.3) is 0 Å². The van der Waals surface area contributed by atoms with Gasteiger partial charge in [-0.1, -0.05) is 0 Å². The van der Waals surface area contributed by atoms with E-state index in [9.17, 15) is 4.79 Å². The molecule has 1 aromatic rings. The van der Waals surface area contributed by atoms with E-state index >= 15 is 0 Å². The topological polar surface area (TPSA) is 42.6 Å². The summed E-state index contributed by atoms with van der Waals surface area (Å²) in [5, 5.41) is 0. The van der Waals surface area contributed by atoms with Gasteiger partial charge >= 0.3 is 0 Å². The van der Waals surface area contributed by atoms with Gasteiger partial charge in [0, 0.05) is 5.56 Å². The zero-order chi connectivity index (χ0) is 7.73. The highest BCUT2D eigenvalue weighted by Crippen LogP contribution is 2.49. The fraction of sp³-hybridized carbons (Fsp3) is 0.375. The number of hydrogen-bond donors (Lipinski definition) is 0. The van der Waals surface area contributed by atoms with Crippen molar-refractivity contribution in [1.82, 2.24) is 0 Å². The number of carbonyl (C=O) groups excluding carboxylic acids is 1. The molecule has 1 heterocycles. The summed E-state index contributed by atoms with van der Waals surface area (Å²) in [7, 11) is 0. The SMILES string of the molecule is O=C=NC1(c2ccoc2)CC1. The Kier molecular flexibility index (Phi) is 1.20. The number of aliphatic imine (C=N–C) groups is 1. The van der Waals surface area contributed by atoms with Crippen molar-refractivity contribution in [2.75, 3.05) is 0 Å². The molecule has 0 spiro atoms. The Balaban J connectivity index is 2.35. The number of nitrogens with zero attached hydrogens (tertiary/aromatic N) is 1. The monoisotopic (exact) mass is 149 g/mol. The predicted molar refractivity (Wildman–Crippen MR) is 37.7 cm³/mol. The first kappa shape index (κ1) is 6.38. The Morgan fingerprint density at radius 1 is 1.64 bits per heavy atom. The van der Waals surface area contributed by atoms with Crippen LogP contribution in [0.15, 0.2) is 28.0 Å². The van der Waals surface area contributed by atoms with Gasteiger partial charge in [0.1, 0.15) is 5.54 Å². The van der Waals surface area contributed by atoms with E-state index in [0.29, 0.717) is 0 Å². The molecule has 0 radical (unpaired) electrons. The average molecular weight is 149 g/mol. The van der Waals surface area contributed by atoms with E-state index in [1.807, 2.05) is 6.07 Å². The van der Waals surface area contributed by atoms with Crippen LogP contribution >= 0.6 is 0 Å². The van der Waals surface area contributed by atoms with E-state index in [0.717, 1.165) is 18.4 Å². The molecule has 1 aliphatic rings. The van der Waals surface area contributed by atoms with E-state index < -0.39 is 0 Å². The van der Waals surface area contributed by atoms with Crippen LogP contribution in [0.5, 0.6) is 0 Å². The molecular formula is C8H7NO2. The van der Waals surface area contributed by atoms with Crippen molar-refractivity contribution in [1.29, 1.82) is 0 Å². The lowest BCUT2D eigenvalue weighted by Gasteiger charge is -2.00. The van der Waals surface area contributed by atoms with Crippen LogP contribution < -0.4 is 0 Å². The molecule has 0 N–H and O–H groups in total. The predicted octanol–water partition coefficient (Wildman–Crippen LogP) is 1.60. The standard InChI is InChI=1S/C8H7NO2/c10-6-9-8(2-3-8)7-1-4-11-5-7/h1,4-5H,2-3H2. The van der Waals surface area contributed by atoms with Crippen LogP contribution in [-0.4, -0.2) is 6.08 Å². The van der Waals surface area contributed by atoms with Gasteiger partial charge < -0.3 is 4.42 Å². The van der Waals surface area contributed by atoms with Crippen LogP contribution in [0.25, 0.3) is 0 Å². The van der Waals surface area contributed by atoms with E-state index in [-0.39, 0.29) is 5.54 Å². The van der Waals surface area contributed by atoms with Crippen molar-refractivity contribution in [2.45, 2.75) is 18.4 Å². The summed E-state index contributed by atoms with van der Waals surface area (Å²) in [6.45, 7) is 0. The molecule has 0 unspecified atom stereocenters. The van der Waals surface area contributed by atoms with Crippen LogP contribution in [0.2, 0.25) is 0 Å². The summed E-state index contributed by atoms with van der Waals surface area (Å²) in [6, 6.07) is 1.84. The minimum absolute atomic E-state index is 0.269. The molecule has 0 bridgehead atoms. The highest BCUT2D eigenvalue weighted by Gasteiger charge is 2.45. The molecule has 1 aliphatic carbocycles. The summed E-state index contributed by atoms with van der Waals surface area (Å²) < 4.78 is 4.90. The Labute approximate surface area is 63.7 Å². The zero-order valence-electron chi connectivity index (χ0n) is 5.91. The molecule has 0 aliphatic heterocycles. The fourth-order valence-electron chi connectivity index (χ4n) is 1.20. The summed E-state index contributed by atoms with van der Waals surface area (Å²) >= 11 is 0. The maximum Gasteiger partial charge on any atom is 0.235 e. The number of furan rings is 1. The fourth-order valence-corrected chi connectivity index (χ4v) is 1.20. The largest absolute Gasteiger partial charge is 0.472 e. The third-order valence-electron chi connectivity index (χ3n) is 2.04. The normalized spacial score (nSPS) is 18.9. The molecule has 0 atom stereocenters. The molecule has 11 heavy (non-hydrogen) atoms. The first-order valence-electron chi connectivity index (χ1n) is 3.49. The number of hydrogen-bond acceptors (Lipinski definition) is 3. The molecule has 1 saturated carbocycles. The Bertz CT molecular complexity index is 292. The van der Waals surface area contributed by atoms with Gasteiger partial charge in [-0.15, -0.1) is 0 Å². The van der Waals surface area contributed by atoms with Crippen molar-refractivity contribution in [2.24, 2.45) is 4.99 Å². The third-order valence-corrected chi connectivity index (χ3v) is 2.04. The van der Waals surface area contributed by atoms with E-state index in [4.69, 9.17) is 4.42 Å². The van der Waals surface area contributed by atoms with E-state index in [1.54, 1.807) is 18.6 Å². The maximum atomic E-state index is 10.0. The lowest BCUT2D eigenvalue weighted by atomic mass is 10.1. The van der Waals surface area contributed by atoms with Gasteiger partial charge in [-0.25, -0.2) is 4.79 Å². The van der Waals surface area contributed by atoms with Gasteiger partial charge in [-0.2, -0.15) is 4.99 Å². The van der Waals surface area contributed by atoms with E-state index in [1.165, 1.54) is 0 Å². The van der Waals surface area contributed by atoms with Gasteiger partial charge in [0.15, 0.2) is 0 Å². The van der Waals surface area contributed by atoms with Crippen molar-refractivity contribution in [3.63, 3.8) is 0 Å². The second-order valence-electron chi connectivity index (χ2n) is 2.75. The highest BCUT2D eigenvalue weighted by molar-refractivity contribution is 5.40. The summed E-state index contributed by atoms with van der Waals surface area (Å²) in [4.78, 5) is 13.8. The van der Waals surface area contributed by atoms with Crippen LogP contribution in [-0.2, 0) is 10.3 Å². The van der Waals surface area contributed by atoms with Crippen LogP contribution in [0, 0.1) is 0 Å². The second-order valence-corrected chi connectivity index (χ2v) is 2.75. The lowest BCUT2D eigenvalue weighted by Crippen LogP contribution is -1.98. The smallest absolute Gasteiger partial charge is 0.235 e. The van der Waals surface area contributed by atoms with Gasteiger partial charge in [-0.05, 0) is 18.9 Å². The van der Waals surface area contributed by atoms with E-state index in [2.05, 4.69) is 4.99 Å². The maximum absolute atomic E-state index is 10.0. The third kappa shape index (κ3) is 0.900. The minimum Gasteiger partial charge on any atom is -0.472 e. The molecule has 0 saturated heterocycles. The van der Waals surface area contributed by atoms with Gasteiger partial charge in [-0.3, -0.25) is 0 Å². The zero-order valence-corrected chi connectivity index (χ0v) is 5.91. The first-order chi connectivity index (χ1) is 5.37. The van der Waals surface area contributed by atoms with Crippen LogP contribution in [0.3, 0.4) is 0 Å². The Morgan fingerprint density at radius 2 is 2.45 bits per heavy atom. The van der Waals surface area contributed by atoms with Crippen LogP contribution in [0.1, 0.15) is 18.4 Å². The molecule has 2 rings (SSSR count). The molecular weight excluding hydrogens is 142 g/mol. The highest BCUT2D eigenvalue weighted by atomic mass is 16.3. The Hall–Kier alpha value is -1.34. The molecule has 56 valence electrons. The molecule has 3 nitrogen and oxygen atoms in total. The molecule has 0 aromatic carbocycles. The molecule has 3 heteroatoms. The van der Waals surface area contributed by atoms with Gasteiger partial charge in [0.05, 0.1) is 12.5 Å². The first-order valence-corrected chi connectivity index (χ1v) is 3.49. The summed E-state index contributed by atoms with van der Waals surface area (Å²) in [5.41, 5.74) is 0.718. The molecule has 0 amide bonds. The van der Waals surface area contributed by atoms with Crippen molar-refractivity contribution >= 4 is 6.08 Å². The van der Waals surface area contributed by atoms with Crippen molar-refractivity contribution in [3.05, 3.63) is 24.2 Å². The summed E-state index contributed by atoms with van der Waals surface area (Å²) in [6.07, 6.45) is 6.68. The number of isocyanates is 1. The van der Waals surface area contributed by atoms with Crippen molar-refractivity contribution in [3.8, 4) is 0 Å². The molecule has 1 fully saturated rings. The molecule has 1 aromatic heterocycles. The average Bonchev–Trinajstić information content (AvgIpc) is 2.63. The van der Waals surface area contributed by atoms with Crippen LogP contribution in [0.4, 0.5) is 0 Å². The van der Waals surface area contributed by atoms with Crippen molar-refractivity contribution < 1.29 is 9.21 Å². The lowest BCUT2D eigenvalue weighted by molar-refractivity contribution is 0.548.